The predicted octanol–water partition coefficient (Wildman–Crippen LogP) is 2.84. The molecule has 1 unspecified atom stereocenters. The quantitative estimate of drug-likeness (QED) is 0.914. The molecule has 0 bridgehead atoms. The average Bonchev–Trinajstić information content (AvgIpc) is 2.64. The van der Waals surface area contributed by atoms with Crippen LogP contribution >= 0.6 is 0 Å². The Kier molecular flexibility index (Phi) is 5.33. The molecule has 2 aromatic rings. The van der Waals surface area contributed by atoms with Crippen molar-refractivity contribution < 1.29 is 13.9 Å². The molecule has 0 radical (unpaired) electrons. The van der Waals surface area contributed by atoms with Gasteiger partial charge in [0.15, 0.2) is 0 Å². The van der Waals surface area contributed by atoms with Crippen LogP contribution in [0, 0.1) is 5.82 Å². The van der Waals surface area contributed by atoms with Gasteiger partial charge in [-0.05, 0) is 18.2 Å². The van der Waals surface area contributed by atoms with Crippen LogP contribution in [0.5, 0.6) is 11.5 Å². The second-order valence-electron chi connectivity index (χ2n) is 5.82. The summed E-state index contributed by atoms with van der Waals surface area (Å²) in [4.78, 5) is 2.29. The molecular formula is C19H23FN2O2. The molecule has 24 heavy (non-hydrogen) atoms. The second-order valence-corrected chi connectivity index (χ2v) is 5.82. The van der Waals surface area contributed by atoms with Crippen LogP contribution < -0.4 is 14.8 Å². The second kappa shape index (κ2) is 7.64. The number of ether oxygens (including phenoxy) is 2. The van der Waals surface area contributed by atoms with E-state index in [1.807, 2.05) is 30.3 Å². The summed E-state index contributed by atoms with van der Waals surface area (Å²) in [5.74, 6) is 1.24. The van der Waals surface area contributed by atoms with Gasteiger partial charge in [-0.2, -0.15) is 0 Å². The highest BCUT2D eigenvalue weighted by atomic mass is 19.1. The predicted molar refractivity (Wildman–Crippen MR) is 92.2 cm³/mol. The highest BCUT2D eigenvalue weighted by Crippen LogP contribution is 2.37. The normalized spacial score (nSPS) is 16.6. The summed E-state index contributed by atoms with van der Waals surface area (Å²) in [7, 11) is 3.26. The third kappa shape index (κ3) is 3.37. The maximum Gasteiger partial charge on any atom is 0.128 e. The minimum absolute atomic E-state index is 0.186. The molecule has 1 heterocycles. The average molecular weight is 330 g/mol. The number of nitrogens with zero attached hydrogens (tertiary/aromatic N) is 1. The van der Waals surface area contributed by atoms with Crippen LogP contribution in [0.2, 0.25) is 0 Å². The van der Waals surface area contributed by atoms with Crippen LogP contribution in [0.25, 0.3) is 0 Å². The number of methoxy groups -OCH3 is 2. The number of halogens is 1. The summed E-state index contributed by atoms with van der Waals surface area (Å²) in [5, 5.41) is 3.35. The number of rotatable bonds is 5. The van der Waals surface area contributed by atoms with Gasteiger partial charge < -0.3 is 14.8 Å². The number of nitrogens with one attached hydrogen (secondary N) is 1. The van der Waals surface area contributed by atoms with Gasteiger partial charge in [0, 0.05) is 43.4 Å². The van der Waals surface area contributed by atoms with E-state index in [0.717, 1.165) is 37.5 Å². The van der Waals surface area contributed by atoms with Crippen molar-refractivity contribution in [1.82, 2.24) is 10.2 Å². The first-order valence-corrected chi connectivity index (χ1v) is 8.15. The zero-order valence-corrected chi connectivity index (χ0v) is 14.1. The van der Waals surface area contributed by atoms with Gasteiger partial charge in [0.05, 0.1) is 20.3 Å². The molecule has 5 heteroatoms. The first-order chi connectivity index (χ1) is 11.7. The van der Waals surface area contributed by atoms with E-state index in [4.69, 9.17) is 9.47 Å². The van der Waals surface area contributed by atoms with E-state index in [1.54, 1.807) is 20.3 Å². The summed E-state index contributed by atoms with van der Waals surface area (Å²) < 4.78 is 25.4. The fraction of sp³-hybridized carbons (Fsp3) is 0.368. The molecule has 4 nitrogen and oxygen atoms in total. The van der Waals surface area contributed by atoms with Gasteiger partial charge in [-0.1, -0.05) is 18.2 Å². The molecule has 1 fully saturated rings. The van der Waals surface area contributed by atoms with Gasteiger partial charge in [0.25, 0.3) is 0 Å². The number of hydrogen-bond donors (Lipinski definition) is 1. The molecule has 0 aromatic heterocycles. The van der Waals surface area contributed by atoms with Crippen molar-refractivity contribution >= 4 is 0 Å². The van der Waals surface area contributed by atoms with Gasteiger partial charge in [-0.25, -0.2) is 4.39 Å². The number of hydrogen-bond acceptors (Lipinski definition) is 4. The Morgan fingerprint density at radius 2 is 1.75 bits per heavy atom. The van der Waals surface area contributed by atoms with Crippen LogP contribution in [0.4, 0.5) is 4.39 Å². The van der Waals surface area contributed by atoms with Crippen molar-refractivity contribution in [2.75, 3.05) is 40.4 Å². The fourth-order valence-electron chi connectivity index (χ4n) is 3.24. The fourth-order valence-corrected chi connectivity index (χ4v) is 3.24. The van der Waals surface area contributed by atoms with Crippen molar-refractivity contribution in [1.29, 1.82) is 0 Å². The number of benzene rings is 2. The van der Waals surface area contributed by atoms with E-state index in [0.29, 0.717) is 11.3 Å². The Morgan fingerprint density at radius 1 is 1.00 bits per heavy atom. The Balaban J connectivity index is 2.09. The van der Waals surface area contributed by atoms with Crippen LogP contribution in [0.3, 0.4) is 0 Å². The summed E-state index contributed by atoms with van der Waals surface area (Å²) in [5.41, 5.74) is 1.62. The Bertz CT molecular complexity index is 687. The summed E-state index contributed by atoms with van der Waals surface area (Å²) in [6.07, 6.45) is 0. The maximum absolute atomic E-state index is 14.6. The molecule has 2 aromatic carbocycles. The van der Waals surface area contributed by atoms with E-state index in [9.17, 15) is 4.39 Å². The summed E-state index contributed by atoms with van der Waals surface area (Å²) in [6, 6.07) is 12.5. The summed E-state index contributed by atoms with van der Waals surface area (Å²) in [6.45, 7) is 3.50. The molecule has 1 aliphatic rings. The van der Waals surface area contributed by atoms with Crippen molar-refractivity contribution in [3.63, 3.8) is 0 Å². The first-order valence-electron chi connectivity index (χ1n) is 8.15. The first kappa shape index (κ1) is 16.7. The van der Waals surface area contributed by atoms with E-state index >= 15 is 0 Å². The molecule has 1 aliphatic heterocycles. The van der Waals surface area contributed by atoms with Crippen molar-refractivity contribution in [3.8, 4) is 11.5 Å². The smallest absolute Gasteiger partial charge is 0.128 e. The lowest BCUT2D eigenvalue weighted by Gasteiger charge is -2.36. The zero-order chi connectivity index (χ0) is 16.9. The number of piperazine rings is 1. The molecule has 1 N–H and O–H groups in total. The Hall–Kier alpha value is -2.11. The van der Waals surface area contributed by atoms with Crippen LogP contribution in [-0.4, -0.2) is 45.3 Å². The van der Waals surface area contributed by atoms with E-state index in [1.165, 1.54) is 6.07 Å². The van der Waals surface area contributed by atoms with Crippen molar-refractivity contribution in [2.45, 2.75) is 6.04 Å². The van der Waals surface area contributed by atoms with Gasteiger partial charge in [0.1, 0.15) is 17.3 Å². The zero-order valence-electron chi connectivity index (χ0n) is 14.1. The largest absolute Gasteiger partial charge is 0.497 e. The Labute approximate surface area is 142 Å². The lowest BCUT2D eigenvalue weighted by molar-refractivity contribution is 0.192. The van der Waals surface area contributed by atoms with Gasteiger partial charge in [0.2, 0.25) is 0 Å². The van der Waals surface area contributed by atoms with Gasteiger partial charge in [-0.3, -0.25) is 4.90 Å². The molecule has 1 saturated heterocycles. The summed E-state index contributed by atoms with van der Waals surface area (Å²) >= 11 is 0. The SMILES string of the molecule is COc1ccc(C(c2ccccc2F)N2CCNCC2)c(OC)c1. The van der Waals surface area contributed by atoms with Crippen molar-refractivity contribution in [2.24, 2.45) is 0 Å². The highest BCUT2D eigenvalue weighted by molar-refractivity contribution is 5.46. The lowest BCUT2D eigenvalue weighted by atomic mass is 9.95. The minimum Gasteiger partial charge on any atom is -0.497 e. The molecule has 128 valence electrons. The molecule has 3 rings (SSSR count). The molecule has 1 atom stereocenters. The molecule has 0 aliphatic carbocycles. The van der Waals surface area contributed by atoms with Crippen molar-refractivity contribution in [3.05, 3.63) is 59.4 Å². The van der Waals surface area contributed by atoms with E-state index in [2.05, 4.69) is 10.2 Å². The van der Waals surface area contributed by atoms with Gasteiger partial charge >= 0.3 is 0 Å². The molecular weight excluding hydrogens is 307 g/mol. The minimum atomic E-state index is -0.195. The third-order valence-corrected chi connectivity index (χ3v) is 4.45. The van der Waals surface area contributed by atoms with Crippen LogP contribution in [0.15, 0.2) is 42.5 Å². The third-order valence-electron chi connectivity index (χ3n) is 4.45. The van der Waals surface area contributed by atoms with E-state index < -0.39 is 0 Å². The van der Waals surface area contributed by atoms with Crippen LogP contribution in [0.1, 0.15) is 17.2 Å². The standard InChI is InChI=1S/C19H23FN2O2/c1-23-14-7-8-16(18(13-14)24-2)19(22-11-9-21-10-12-22)15-5-3-4-6-17(15)20/h3-8,13,19,21H,9-12H2,1-2H3. The lowest BCUT2D eigenvalue weighted by Crippen LogP contribution is -2.45. The Morgan fingerprint density at radius 3 is 2.42 bits per heavy atom. The monoisotopic (exact) mass is 330 g/mol. The molecule has 0 spiro atoms. The topological polar surface area (TPSA) is 33.7 Å². The maximum atomic E-state index is 14.6. The highest BCUT2D eigenvalue weighted by Gasteiger charge is 2.28. The van der Waals surface area contributed by atoms with Crippen LogP contribution in [-0.2, 0) is 0 Å². The van der Waals surface area contributed by atoms with E-state index in [-0.39, 0.29) is 11.9 Å². The molecule has 0 saturated carbocycles. The molecule has 0 amide bonds. The van der Waals surface area contributed by atoms with Gasteiger partial charge in [-0.15, -0.1) is 0 Å².